The van der Waals surface area contributed by atoms with E-state index in [2.05, 4.69) is 26.8 Å². The zero-order valence-corrected chi connectivity index (χ0v) is 20.6. The van der Waals surface area contributed by atoms with Crippen molar-refractivity contribution >= 4 is 40.0 Å². The number of halogens is 1. The summed E-state index contributed by atoms with van der Waals surface area (Å²) in [4.78, 5) is 26.9. The zero-order valence-electron chi connectivity index (χ0n) is 19.9. The first kappa shape index (κ1) is 24.3. The van der Waals surface area contributed by atoms with Gasteiger partial charge in [-0.25, -0.2) is 15.0 Å². The highest BCUT2D eigenvalue weighted by atomic mass is 35.5. The van der Waals surface area contributed by atoms with E-state index in [9.17, 15) is 4.79 Å². The topological polar surface area (TPSA) is 98.7 Å². The van der Waals surface area contributed by atoms with E-state index in [1.807, 2.05) is 18.2 Å². The minimum atomic E-state index is -0.134. The summed E-state index contributed by atoms with van der Waals surface area (Å²) in [5.41, 5.74) is 1.98. The van der Waals surface area contributed by atoms with Gasteiger partial charge in [0.1, 0.15) is 30.3 Å². The molecule has 0 spiro atoms. The summed E-state index contributed by atoms with van der Waals surface area (Å²) in [6, 6.07) is 9.10. The number of rotatable bonds is 8. The number of pyridine rings is 1. The van der Waals surface area contributed by atoms with Crippen LogP contribution in [0.25, 0.3) is 11.0 Å². The second kappa shape index (κ2) is 11.1. The van der Waals surface area contributed by atoms with E-state index in [4.69, 9.17) is 25.8 Å². The maximum absolute atomic E-state index is 11.8. The maximum Gasteiger partial charge on any atom is 0.246 e. The van der Waals surface area contributed by atoms with Crippen LogP contribution in [-0.2, 0) is 9.53 Å². The Hall–Kier alpha value is -3.43. The van der Waals surface area contributed by atoms with Crippen molar-refractivity contribution in [3.63, 3.8) is 0 Å². The molecule has 2 aliphatic heterocycles. The molecule has 2 aromatic heterocycles. The predicted molar refractivity (Wildman–Crippen MR) is 137 cm³/mol. The predicted octanol–water partition coefficient (Wildman–Crippen LogP) is 4.54. The number of carbonyl (C=O) groups excluding carboxylic acids is 1. The number of ether oxygens (including phenoxy) is 3. The Morgan fingerprint density at radius 3 is 2.97 bits per heavy atom. The van der Waals surface area contributed by atoms with Crippen molar-refractivity contribution in [1.29, 1.82) is 0 Å². The van der Waals surface area contributed by atoms with Crippen LogP contribution in [0.1, 0.15) is 25.7 Å². The van der Waals surface area contributed by atoms with Crippen LogP contribution < -0.4 is 14.8 Å². The largest absolute Gasteiger partial charge is 0.489 e. The molecular weight excluding hydrogens is 482 g/mol. The van der Waals surface area contributed by atoms with E-state index in [0.717, 1.165) is 38.0 Å². The van der Waals surface area contributed by atoms with Crippen LogP contribution >= 0.6 is 11.6 Å². The summed E-state index contributed by atoms with van der Waals surface area (Å²) >= 11 is 6.49. The van der Waals surface area contributed by atoms with Crippen LogP contribution in [0.15, 0.2) is 49.3 Å². The molecule has 10 heteroatoms. The molecule has 2 atom stereocenters. The number of hydrogen-bond donors (Lipinski definition) is 1. The molecule has 0 bridgehead atoms. The molecule has 1 aromatic carbocycles. The lowest BCUT2D eigenvalue weighted by atomic mass is 10.1. The first-order valence-electron chi connectivity index (χ1n) is 12.1. The number of nitrogens with one attached hydrogen (secondary N) is 1. The monoisotopic (exact) mass is 509 g/mol. The van der Waals surface area contributed by atoms with Crippen molar-refractivity contribution in [2.75, 3.05) is 31.6 Å². The fourth-order valence-corrected chi connectivity index (χ4v) is 4.59. The molecule has 2 saturated heterocycles. The highest BCUT2D eigenvalue weighted by Gasteiger charge is 2.26. The first-order valence-corrected chi connectivity index (χ1v) is 12.5. The molecule has 9 nitrogen and oxygen atoms in total. The van der Waals surface area contributed by atoms with Gasteiger partial charge in [0.05, 0.1) is 23.2 Å². The van der Waals surface area contributed by atoms with Crippen molar-refractivity contribution in [3.8, 4) is 11.6 Å². The Morgan fingerprint density at radius 1 is 1.25 bits per heavy atom. The summed E-state index contributed by atoms with van der Waals surface area (Å²) in [7, 11) is 0. The van der Waals surface area contributed by atoms with E-state index in [1.165, 1.54) is 12.4 Å². The molecule has 3 aromatic rings. The number of anilines is 2. The fraction of sp³-hybridized carbons (Fsp3) is 0.385. The lowest BCUT2D eigenvalue weighted by Gasteiger charge is -2.23. The lowest BCUT2D eigenvalue weighted by Crippen LogP contribution is -2.29. The molecule has 2 aliphatic rings. The molecule has 2 fully saturated rings. The molecule has 0 aliphatic carbocycles. The van der Waals surface area contributed by atoms with Crippen LogP contribution in [0, 0.1) is 0 Å². The molecule has 36 heavy (non-hydrogen) atoms. The molecule has 0 unspecified atom stereocenters. The van der Waals surface area contributed by atoms with Crippen LogP contribution in [0.5, 0.6) is 11.6 Å². The number of fused-ring (bicyclic) bond motifs is 1. The summed E-state index contributed by atoms with van der Waals surface area (Å²) < 4.78 is 17.7. The number of aromatic nitrogens is 3. The number of hydrogen-bond acceptors (Lipinski definition) is 8. The van der Waals surface area contributed by atoms with Gasteiger partial charge in [-0.05, 0) is 49.6 Å². The highest BCUT2D eigenvalue weighted by molar-refractivity contribution is 6.32. The highest BCUT2D eigenvalue weighted by Crippen LogP contribution is 2.31. The first-order chi connectivity index (χ1) is 17.6. The van der Waals surface area contributed by atoms with Gasteiger partial charge in [-0.3, -0.25) is 4.79 Å². The smallest absolute Gasteiger partial charge is 0.246 e. The molecule has 5 rings (SSSR count). The Balaban J connectivity index is 1.27. The van der Waals surface area contributed by atoms with Crippen LogP contribution in [0.2, 0.25) is 5.02 Å². The second-order valence-corrected chi connectivity index (χ2v) is 9.23. The zero-order chi connectivity index (χ0) is 24.9. The minimum absolute atomic E-state index is 0.0927. The maximum atomic E-state index is 11.8. The SMILES string of the molecule is C=CC(=O)N1CC[C@H](Oc2ccc3ncnc(Nc4ccc(OC[C@@H]5CCCCO5)c(Cl)c4)c3n2)C1. The molecule has 0 saturated carbocycles. The van der Waals surface area contributed by atoms with Gasteiger partial charge < -0.3 is 24.4 Å². The van der Waals surface area contributed by atoms with E-state index in [0.29, 0.717) is 53.2 Å². The van der Waals surface area contributed by atoms with Gasteiger partial charge in [0, 0.05) is 31.3 Å². The third-order valence-electron chi connectivity index (χ3n) is 6.27. The second-order valence-electron chi connectivity index (χ2n) is 8.83. The van der Waals surface area contributed by atoms with Gasteiger partial charge in [0.2, 0.25) is 11.8 Å². The Labute approximate surface area is 214 Å². The van der Waals surface area contributed by atoms with E-state index in [-0.39, 0.29) is 18.1 Å². The van der Waals surface area contributed by atoms with E-state index < -0.39 is 0 Å². The third kappa shape index (κ3) is 5.68. The van der Waals surface area contributed by atoms with Gasteiger partial charge in [-0.1, -0.05) is 18.2 Å². The van der Waals surface area contributed by atoms with Gasteiger partial charge in [-0.2, -0.15) is 0 Å². The van der Waals surface area contributed by atoms with Crippen molar-refractivity contribution in [2.45, 2.75) is 37.9 Å². The normalized spacial score (nSPS) is 19.8. The Kier molecular flexibility index (Phi) is 7.48. The molecule has 1 N–H and O–H groups in total. The van der Waals surface area contributed by atoms with Crippen molar-refractivity contribution < 1.29 is 19.0 Å². The summed E-state index contributed by atoms with van der Waals surface area (Å²) in [5, 5.41) is 3.76. The molecule has 4 heterocycles. The standard InChI is InChI=1S/C26H28ClN5O4/c1-2-24(33)32-11-10-18(14-32)36-23-9-7-21-25(31-23)26(29-16-28-21)30-17-6-8-22(20(27)13-17)35-15-19-5-3-4-12-34-19/h2,6-9,13,16,18-19H,1,3-5,10-12,14-15H2,(H,28,29,30)/t18-,19-/m0/s1. The fourth-order valence-electron chi connectivity index (χ4n) is 4.36. The van der Waals surface area contributed by atoms with E-state index >= 15 is 0 Å². The summed E-state index contributed by atoms with van der Waals surface area (Å²) in [5.74, 6) is 1.49. The number of benzene rings is 1. The lowest BCUT2D eigenvalue weighted by molar-refractivity contribution is -0.125. The van der Waals surface area contributed by atoms with Crippen molar-refractivity contribution in [2.24, 2.45) is 0 Å². The van der Waals surface area contributed by atoms with Crippen LogP contribution in [0.3, 0.4) is 0 Å². The molecule has 0 radical (unpaired) electrons. The number of carbonyl (C=O) groups is 1. The number of likely N-dealkylation sites (tertiary alicyclic amines) is 1. The van der Waals surface area contributed by atoms with Crippen molar-refractivity contribution in [3.05, 3.63) is 54.3 Å². The van der Waals surface area contributed by atoms with Gasteiger partial charge in [-0.15, -0.1) is 0 Å². The van der Waals surface area contributed by atoms with E-state index in [1.54, 1.807) is 17.0 Å². The van der Waals surface area contributed by atoms with Crippen molar-refractivity contribution in [1.82, 2.24) is 19.9 Å². The quantitative estimate of drug-likeness (QED) is 0.442. The Morgan fingerprint density at radius 2 is 2.17 bits per heavy atom. The molecule has 188 valence electrons. The number of nitrogens with zero attached hydrogens (tertiary/aromatic N) is 4. The summed E-state index contributed by atoms with van der Waals surface area (Å²) in [6.07, 6.45) is 6.77. The third-order valence-corrected chi connectivity index (χ3v) is 6.56. The van der Waals surface area contributed by atoms with Crippen LogP contribution in [0.4, 0.5) is 11.5 Å². The molecular formula is C26H28ClN5O4. The van der Waals surface area contributed by atoms with Gasteiger partial charge in [0.15, 0.2) is 5.82 Å². The van der Waals surface area contributed by atoms with Gasteiger partial charge >= 0.3 is 0 Å². The minimum Gasteiger partial charge on any atom is -0.489 e. The number of amides is 1. The average molecular weight is 510 g/mol. The Bertz CT molecular complexity index is 1250. The van der Waals surface area contributed by atoms with Crippen LogP contribution in [-0.4, -0.2) is 64.3 Å². The molecule has 1 amide bonds. The van der Waals surface area contributed by atoms with Gasteiger partial charge in [0.25, 0.3) is 0 Å². The summed E-state index contributed by atoms with van der Waals surface area (Å²) in [6.45, 7) is 5.94. The average Bonchev–Trinajstić information content (AvgIpc) is 3.37.